The van der Waals surface area contributed by atoms with E-state index in [0.717, 1.165) is 40.3 Å². The molecule has 1 N–H and O–H groups in total. The van der Waals surface area contributed by atoms with Gasteiger partial charge in [-0.1, -0.05) is 42.5 Å². The van der Waals surface area contributed by atoms with E-state index in [1.165, 1.54) is 0 Å². The number of carbonyl (C=O) groups excluding carboxylic acids is 1. The van der Waals surface area contributed by atoms with Gasteiger partial charge in [-0.2, -0.15) is 0 Å². The molecule has 2 aliphatic rings. The van der Waals surface area contributed by atoms with E-state index >= 15 is 0 Å². The number of nitrogens with zero attached hydrogens (tertiary/aromatic N) is 1. The maximum atomic E-state index is 12.4. The second kappa shape index (κ2) is 7.41. The lowest BCUT2D eigenvalue weighted by atomic mass is 9.91. The van der Waals surface area contributed by atoms with Gasteiger partial charge in [0, 0.05) is 28.8 Å². The molecule has 0 aromatic heterocycles. The second-order valence-electron chi connectivity index (χ2n) is 6.58. The van der Waals surface area contributed by atoms with Gasteiger partial charge in [0.25, 0.3) is 0 Å². The van der Waals surface area contributed by atoms with Crippen LogP contribution in [-0.2, 0) is 4.79 Å². The Kier molecular flexibility index (Phi) is 5.27. The summed E-state index contributed by atoms with van der Waals surface area (Å²) < 4.78 is 0. The van der Waals surface area contributed by atoms with Crippen LogP contribution in [0, 0.1) is 0 Å². The van der Waals surface area contributed by atoms with Gasteiger partial charge < -0.3 is 10.2 Å². The predicted molar refractivity (Wildman–Crippen MR) is 103 cm³/mol. The molecule has 24 heavy (non-hydrogen) atoms. The summed E-state index contributed by atoms with van der Waals surface area (Å²) in [4.78, 5) is 15.7. The van der Waals surface area contributed by atoms with Gasteiger partial charge in [0.15, 0.2) is 5.78 Å². The van der Waals surface area contributed by atoms with Crippen molar-refractivity contribution >= 4 is 23.2 Å². The Bertz CT molecular complexity index is 716. The van der Waals surface area contributed by atoms with E-state index in [1.807, 2.05) is 18.2 Å². The van der Waals surface area contributed by atoms with Crippen LogP contribution < -0.4 is 5.32 Å². The zero-order valence-electron chi connectivity index (χ0n) is 14.5. The predicted octanol–water partition coefficient (Wildman–Crippen LogP) is 3.47. The summed E-state index contributed by atoms with van der Waals surface area (Å²) >= 11 is 1.65. The third-order valence-corrected chi connectivity index (χ3v) is 5.23. The van der Waals surface area contributed by atoms with Gasteiger partial charge in [-0.25, -0.2) is 0 Å². The van der Waals surface area contributed by atoms with Crippen molar-refractivity contribution in [2.75, 3.05) is 26.4 Å². The van der Waals surface area contributed by atoms with E-state index in [-0.39, 0.29) is 5.78 Å². The van der Waals surface area contributed by atoms with Gasteiger partial charge >= 0.3 is 0 Å². The highest BCUT2D eigenvalue weighted by molar-refractivity contribution is 8.04. The molecule has 0 amide bonds. The summed E-state index contributed by atoms with van der Waals surface area (Å²) in [5.41, 5.74) is 4.30. The fraction of sp³-hybridized carbons (Fsp3) is 0.350. The summed E-state index contributed by atoms with van der Waals surface area (Å²) in [6.07, 6.45) is 5.07. The van der Waals surface area contributed by atoms with Crippen molar-refractivity contribution in [2.24, 2.45) is 0 Å². The van der Waals surface area contributed by atoms with Crippen LogP contribution >= 0.6 is 11.8 Å². The molecule has 126 valence electrons. The van der Waals surface area contributed by atoms with Crippen molar-refractivity contribution in [2.45, 2.75) is 19.4 Å². The van der Waals surface area contributed by atoms with E-state index < -0.39 is 0 Å². The van der Waals surface area contributed by atoms with Crippen molar-refractivity contribution in [3.05, 3.63) is 64.1 Å². The number of nitrogens with one attached hydrogen (secondary N) is 1. The molecule has 1 unspecified atom stereocenters. The number of benzene rings is 1. The lowest BCUT2D eigenvalue weighted by Gasteiger charge is -2.25. The van der Waals surface area contributed by atoms with Gasteiger partial charge in [0.1, 0.15) is 0 Å². The molecule has 0 spiro atoms. The summed E-state index contributed by atoms with van der Waals surface area (Å²) in [5, 5.41) is 3.68. The van der Waals surface area contributed by atoms with Crippen LogP contribution in [0.15, 0.2) is 58.5 Å². The molecule has 3 nitrogen and oxygen atoms in total. The first-order valence-corrected chi connectivity index (χ1v) is 9.32. The van der Waals surface area contributed by atoms with Gasteiger partial charge in [-0.05, 0) is 38.6 Å². The van der Waals surface area contributed by atoms with E-state index in [2.05, 4.69) is 55.5 Å². The molecule has 1 aromatic carbocycles. The van der Waals surface area contributed by atoms with Gasteiger partial charge in [-0.3, -0.25) is 4.79 Å². The Hall–Kier alpha value is -1.78. The molecule has 0 bridgehead atoms. The number of allylic oxidation sites excluding steroid dienone is 4. The smallest absolute Gasteiger partial charge is 0.174 e. The first-order chi connectivity index (χ1) is 11.6. The number of likely N-dealkylation sites (N-methyl/N-ethyl adjacent to an activating group) is 1. The summed E-state index contributed by atoms with van der Waals surface area (Å²) in [6.45, 7) is 3.12. The average molecular weight is 340 g/mol. The molecular formula is C20H24N2OS. The second-order valence-corrected chi connectivity index (χ2v) is 7.60. The minimum atomic E-state index is 0.254. The molecule has 0 fully saturated rings. The number of Topliss-reactive ketones (excluding diaryl/α,β-unsaturated/α-hetero) is 1. The van der Waals surface area contributed by atoms with Crippen LogP contribution in [0.25, 0.3) is 5.70 Å². The normalized spacial score (nSPS) is 20.4. The summed E-state index contributed by atoms with van der Waals surface area (Å²) in [5.74, 6) is 0.818. The molecule has 0 saturated carbocycles. The monoisotopic (exact) mass is 340 g/mol. The van der Waals surface area contributed by atoms with Crippen LogP contribution in [0.2, 0.25) is 0 Å². The number of carbonyl (C=O) groups is 1. The maximum absolute atomic E-state index is 12.4. The fourth-order valence-electron chi connectivity index (χ4n) is 3.28. The van der Waals surface area contributed by atoms with Gasteiger partial charge in [-0.15, -0.1) is 11.8 Å². The van der Waals surface area contributed by atoms with Gasteiger partial charge in [0.2, 0.25) is 0 Å². The number of hydrogen-bond donors (Lipinski definition) is 1. The third-order valence-electron chi connectivity index (χ3n) is 4.17. The molecule has 1 aromatic rings. The Morgan fingerprint density at radius 2 is 2.04 bits per heavy atom. The Balaban J connectivity index is 2.04. The highest BCUT2D eigenvalue weighted by Crippen LogP contribution is 2.40. The topological polar surface area (TPSA) is 32.3 Å². The van der Waals surface area contributed by atoms with E-state index in [1.54, 1.807) is 11.8 Å². The van der Waals surface area contributed by atoms with E-state index in [0.29, 0.717) is 11.8 Å². The number of thioether (sulfide) groups is 1. The van der Waals surface area contributed by atoms with Crippen molar-refractivity contribution < 1.29 is 4.79 Å². The molecule has 1 heterocycles. The van der Waals surface area contributed by atoms with Crippen LogP contribution in [0.1, 0.15) is 18.9 Å². The summed E-state index contributed by atoms with van der Waals surface area (Å²) in [6, 6.07) is 10.6. The highest BCUT2D eigenvalue weighted by atomic mass is 32.2. The van der Waals surface area contributed by atoms with Crippen LogP contribution in [-0.4, -0.2) is 43.1 Å². The average Bonchev–Trinajstić information content (AvgIpc) is 2.94. The molecule has 1 atom stereocenters. The maximum Gasteiger partial charge on any atom is 0.174 e. The van der Waals surface area contributed by atoms with Crippen LogP contribution in [0.5, 0.6) is 0 Å². The Morgan fingerprint density at radius 3 is 2.75 bits per heavy atom. The molecule has 3 rings (SSSR count). The minimum Gasteiger partial charge on any atom is -0.381 e. The van der Waals surface area contributed by atoms with E-state index in [9.17, 15) is 4.79 Å². The SMILES string of the molecule is CC(CN(C)C)N/C(=C1\CC=CC2=C1C(=O)CS2)c1ccccc1. The largest absolute Gasteiger partial charge is 0.381 e. The number of hydrogen-bond acceptors (Lipinski definition) is 4. The van der Waals surface area contributed by atoms with Crippen molar-refractivity contribution in [1.29, 1.82) is 0 Å². The first kappa shape index (κ1) is 17.1. The lowest BCUT2D eigenvalue weighted by molar-refractivity contribution is -0.112. The molecule has 0 saturated heterocycles. The Morgan fingerprint density at radius 1 is 1.29 bits per heavy atom. The number of ketones is 1. The highest BCUT2D eigenvalue weighted by Gasteiger charge is 2.29. The third kappa shape index (κ3) is 3.65. The lowest BCUT2D eigenvalue weighted by Crippen LogP contribution is -2.35. The van der Waals surface area contributed by atoms with Crippen LogP contribution in [0.3, 0.4) is 0 Å². The number of rotatable bonds is 5. The summed E-state index contributed by atoms with van der Waals surface area (Å²) in [7, 11) is 4.16. The minimum absolute atomic E-state index is 0.254. The Labute approximate surface area is 148 Å². The molecular weight excluding hydrogens is 316 g/mol. The molecule has 1 aliphatic carbocycles. The fourth-order valence-corrected chi connectivity index (χ4v) is 4.28. The first-order valence-electron chi connectivity index (χ1n) is 8.33. The quantitative estimate of drug-likeness (QED) is 0.890. The molecule has 1 aliphatic heterocycles. The van der Waals surface area contributed by atoms with E-state index in [4.69, 9.17) is 0 Å². The van der Waals surface area contributed by atoms with Crippen LogP contribution in [0.4, 0.5) is 0 Å². The standard InChI is InChI=1S/C20H24N2OS/c1-14(12-22(2)3)21-20(15-8-5-4-6-9-15)16-10-7-11-18-19(16)17(23)13-24-18/h4-9,11,14,21H,10,12-13H2,1-3H3/b20-16+. The zero-order chi connectivity index (χ0) is 17.1. The van der Waals surface area contributed by atoms with Crippen molar-refractivity contribution in [1.82, 2.24) is 10.2 Å². The molecule has 4 heteroatoms. The molecule has 0 radical (unpaired) electrons. The van der Waals surface area contributed by atoms with Gasteiger partial charge in [0.05, 0.1) is 5.75 Å². The zero-order valence-corrected chi connectivity index (χ0v) is 15.3. The van der Waals surface area contributed by atoms with Crippen molar-refractivity contribution in [3.8, 4) is 0 Å². The van der Waals surface area contributed by atoms with Crippen molar-refractivity contribution in [3.63, 3.8) is 0 Å².